The number of nitrogens with one attached hydrogen (secondary N) is 2. The summed E-state index contributed by atoms with van der Waals surface area (Å²) in [4.78, 5) is 27.9. The molecule has 0 aliphatic heterocycles. The summed E-state index contributed by atoms with van der Waals surface area (Å²) in [5.41, 5.74) is 0.442. The predicted molar refractivity (Wildman–Crippen MR) is 92.6 cm³/mol. The zero-order valence-corrected chi connectivity index (χ0v) is 14.5. The molecule has 0 aromatic carbocycles. The number of esters is 1. The highest BCUT2D eigenvalue weighted by Gasteiger charge is 2.24. The Bertz CT molecular complexity index is 635. The van der Waals surface area contributed by atoms with Crippen LogP contribution in [0.25, 0.3) is 0 Å². The van der Waals surface area contributed by atoms with Crippen LogP contribution >= 0.6 is 0 Å². The normalized spacial score (nSPS) is 15.2. The molecule has 0 saturated heterocycles. The lowest BCUT2D eigenvalue weighted by atomic mass is 10.1. The first-order valence-corrected chi connectivity index (χ1v) is 8.65. The SMILES string of the molecule is CC(CC(=O)OCCNc1ncccc1C#N)NC(=O)C1CCCC1. The molecule has 1 aromatic heterocycles. The van der Waals surface area contributed by atoms with Crippen molar-refractivity contribution in [1.29, 1.82) is 5.26 Å². The van der Waals surface area contributed by atoms with E-state index in [9.17, 15) is 9.59 Å². The number of carbonyl (C=O) groups excluding carboxylic acids is 2. The fraction of sp³-hybridized carbons (Fsp3) is 0.556. The number of anilines is 1. The fourth-order valence-electron chi connectivity index (χ4n) is 2.88. The number of nitriles is 1. The van der Waals surface area contributed by atoms with Crippen molar-refractivity contribution in [2.45, 2.75) is 45.1 Å². The molecule has 1 atom stereocenters. The third kappa shape index (κ3) is 6.07. The predicted octanol–water partition coefficient (Wildman–Crippen LogP) is 1.99. The van der Waals surface area contributed by atoms with Gasteiger partial charge >= 0.3 is 5.97 Å². The Labute approximate surface area is 147 Å². The van der Waals surface area contributed by atoms with E-state index in [0.717, 1.165) is 25.7 Å². The van der Waals surface area contributed by atoms with Crippen molar-refractivity contribution in [2.75, 3.05) is 18.5 Å². The lowest BCUT2D eigenvalue weighted by molar-refractivity contribution is -0.143. The zero-order chi connectivity index (χ0) is 18.1. The van der Waals surface area contributed by atoms with E-state index in [1.165, 1.54) is 0 Å². The number of ether oxygens (including phenoxy) is 1. The molecular formula is C18H24N4O3. The summed E-state index contributed by atoms with van der Waals surface area (Å²) in [6.45, 7) is 2.34. The highest BCUT2D eigenvalue weighted by molar-refractivity contribution is 5.80. The van der Waals surface area contributed by atoms with Crippen molar-refractivity contribution < 1.29 is 14.3 Å². The summed E-state index contributed by atoms with van der Waals surface area (Å²) in [6.07, 6.45) is 5.81. The van der Waals surface area contributed by atoms with Gasteiger partial charge in [-0.05, 0) is 31.9 Å². The zero-order valence-electron chi connectivity index (χ0n) is 14.5. The number of amides is 1. The number of aromatic nitrogens is 1. The average Bonchev–Trinajstić information content (AvgIpc) is 3.13. The first-order valence-electron chi connectivity index (χ1n) is 8.65. The Balaban J connectivity index is 1.63. The van der Waals surface area contributed by atoms with Gasteiger partial charge in [-0.1, -0.05) is 12.8 Å². The number of hydrogen-bond donors (Lipinski definition) is 2. The van der Waals surface area contributed by atoms with Crippen molar-refractivity contribution in [3.05, 3.63) is 23.9 Å². The molecule has 1 saturated carbocycles. The second-order valence-electron chi connectivity index (χ2n) is 6.25. The Morgan fingerprint density at radius 2 is 2.20 bits per heavy atom. The standard InChI is InChI=1S/C18H24N4O3/c1-13(22-18(24)14-5-2-3-6-14)11-16(23)25-10-9-21-17-15(12-19)7-4-8-20-17/h4,7-8,13-14H,2-3,5-6,9-11H2,1H3,(H,20,21)(H,22,24). The van der Waals surface area contributed by atoms with Gasteiger partial charge in [0.15, 0.2) is 0 Å². The Hall–Kier alpha value is -2.62. The lowest BCUT2D eigenvalue weighted by Crippen LogP contribution is -2.38. The van der Waals surface area contributed by atoms with Crippen LogP contribution in [-0.4, -0.2) is 36.1 Å². The van der Waals surface area contributed by atoms with Crippen molar-refractivity contribution >= 4 is 17.7 Å². The number of pyridine rings is 1. The van der Waals surface area contributed by atoms with E-state index in [4.69, 9.17) is 10.00 Å². The smallest absolute Gasteiger partial charge is 0.307 e. The second-order valence-corrected chi connectivity index (χ2v) is 6.25. The molecule has 1 amide bonds. The van der Waals surface area contributed by atoms with Gasteiger partial charge in [0.25, 0.3) is 0 Å². The maximum absolute atomic E-state index is 12.0. The molecule has 0 bridgehead atoms. The van der Waals surface area contributed by atoms with Crippen molar-refractivity contribution in [1.82, 2.24) is 10.3 Å². The molecule has 7 heteroatoms. The highest BCUT2D eigenvalue weighted by atomic mass is 16.5. The monoisotopic (exact) mass is 344 g/mol. The second kappa shape index (κ2) is 9.62. The van der Waals surface area contributed by atoms with Gasteiger partial charge in [-0.2, -0.15) is 5.26 Å². The minimum Gasteiger partial charge on any atom is -0.464 e. The minimum absolute atomic E-state index is 0.0404. The van der Waals surface area contributed by atoms with Gasteiger partial charge in [0.1, 0.15) is 18.5 Å². The fourth-order valence-corrected chi connectivity index (χ4v) is 2.88. The minimum atomic E-state index is -0.359. The molecule has 1 aliphatic rings. The van der Waals surface area contributed by atoms with E-state index in [2.05, 4.69) is 15.6 Å². The van der Waals surface area contributed by atoms with Gasteiger partial charge in [-0.3, -0.25) is 9.59 Å². The number of nitrogens with zero attached hydrogens (tertiary/aromatic N) is 2. The average molecular weight is 344 g/mol. The summed E-state index contributed by atoms with van der Waals surface area (Å²) in [6, 6.07) is 5.15. The van der Waals surface area contributed by atoms with Crippen LogP contribution < -0.4 is 10.6 Å². The van der Waals surface area contributed by atoms with Gasteiger partial charge in [0.2, 0.25) is 5.91 Å². The highest BCUT2D eigenvalue weighted by Crippen LogP contribution is 2.24. The Morgan fingerprint density at radius 3 is 2.92 bits per heavy atom. The van der Waals surface area contributed by atoms with Crippen LogP contribution in [0.5, 0.6) is 0 Å². The number of hydrogen-bond acceptors (Lipinski definition) is 6. The van der Waals surface area contributed by atoms with Crippen molar-refractivity contribution in [2.24, 2.45) is 5.92 Å². The van der Waals surface area contributed by atoms with E-state index in [0.29, 0.717) is 17.9 Å². The van der Waals surface area contributed by atoms with Crippen LogP contribution in [0.15, 0.2) is 18.3 Å². The molecule has 1 unspecified atom stereocenters. The summed E-state index contributed by atoms with van der Waals surface area (Å²) in [7, 11) is 0. The third-order valence-electron chi connectivity index (χ3n) is 4.17. The van der Waals surface area contributed by atoms with Gasteiger partial charge < -0.3 is 15.4 Å². The summed E-state index contributed by atoms with van der Waals surface area (Å²) < 4.78 is 5.15. The Morgan fingerprint density at radius 1 is 1.44 bits per heavy atom. The van der Waals surface area contributed by atoms with Crippen LogP contribution in [0, 0.1) is 17.2 Å². The first-order chi connectivity index (χ1) is 12.1. The van der Waals surface area contributed by atoms with Gasteiger partial charge in [0, 0.05) is 18.2 Å². The van der Waals surface area contributed by atoms with Crippen LogP contribution in [-0.2, 0) is 14.3 Å². The summed E-state index contributed by atoms with van der Waals surface area (Å²) in [5.74, 6) is 0.245. The molecule has 0 spiro atoms. The topological polar surface area (TPSA) is 104 Å². The Kier molecular flexibility index (Phi) is 7.20. The van der Waals surface area contributed by atoms with E-state index in [1.807, 2.05) is 6.07 Å². The maximum Gasteiger partial charge on any atom is 0.307 e. The third-order valence-corrected chi connectivity index (χ3v) is 4.17. The van der Waals surface area contributed by atoms with Gasteiger partial charge in [-0.15, -0.1) is 0 Å². The van der Waals surface area contributed by atoms with Crippen molar-refractivity contribution in [3.8, 4) is 6.07 Å². The van der Waals surface area contributed by atoms with Gasteiger partial charge in [-0.25, -0.2) is 4.98 Å². The quantitative estimate of drug-likeness (QED) is 0.552. The largest absolute Gasteiger partial charge is 0.464 e. The lowest BCUT2D eigenvalue weighted by Gasteiger charge is -2.16. The maximum atomic E-state index is 12.0. The van der Waals surface area contributed by atoms with Crippen LogP contribution in [0.1, 0.15) is 44.6 Å². The first kappa shape index (κ1) is 18.7. The molecule has 134 valence electrons. The van der Waals surface area contributed by atoms with Crippen molar-refractivity contribution in [3.63, 3.8) is 0 Å². The molecular weight excluding hydrogens is 320 g/mol. The molecule has 1 heterocycles. The van der Waals surface area contributed by atoms with Crippen LogP contribution in [0.3, 0.4) is 0 Å². The van der Waals surface area contributed by atoms with Gasteiger partial charge in [0.05, 0.1) is 18.5 Å². The molecule has 25 heavy (non-hydrogen) atoms. The number of carbonyl (C=O) groups is 2. The molecule has 0 radical (unpaired) electrons. The van der Waals surface area contributed by atoms with Crippen LogP contribution in [0.2, 0.25) is 0 Å². The molecule has 1 fully saturated rings. The summed E-state index contributed by atoms with van der Waals surface area (Å²) >= 11 is 0. The van der Waals surface area contributed by atoms with E-state index >= 15 is 0 Å². The molecule has 2 N–H and O–H groups in total. The molecule has 2 rings (SSSR count). The number of rotatable bonds is 8. The van der Waals surface area contributed by atoms with E-state index in [-0.39, 0.29) is 36.9 Å². The molecule has 1 aromatic rings. The van der Waals surface area contributed by atoms with E-state index < -0.39 is 0 Å². The molecule has 7 nitrogen and oxygen atoms in total. The van der Waals surface area contributed by atoms with Crippen LogP contribution in [0.4, 0.5) is 5.82 Å². The summed E-state index contributed by atoms with van der Waals surface area (Å²) in [5, 5.41) is 14.8. The van der Waals surface area contributed by atoms with E-state index in [1.54, 1.807) is 25.3 Å². The molecule has 1 aliphatic carbocycles.